The molecule has 27 heavy (non-hydrogen) atoms. The molecule has 1 heterocycles. The maximum Gasteiger partial charge on any atom is 0.305 e. The average Bonchev–Trinajstić information content (AvgIpc) is 2.68. The number of carbonyl (C=O) groups is 1. The lowest BCUT2D eigenvalue weighted by Gasteiger charge is -2.08. The molecule has 0 unspecified atom stereocenters. The van der Waals surface area contributed by atoms with Gasteiger partial charge in [0.15, 0.2) is 0 Å². The third-order valence-electron chi connectivity index (χ3n) is 4.46. The third kappa shape index (κ3) is 8.12. The monoisotopic (exact) mass is 390 g/mol. The molecule has 0 amide bonds. The lowest BCUT2D eigenvalue weighted by atomic mass is 10.1. The lowest BCUT2D eigenvalue weighted by molar-refractivity contribution is -0.143. The number of carbonyl (C=O) groups excluding carboxylic acids is 1. The van der Waals surface area contributed by atoms with Crippen LogP contribution in [0.3, 0.4) is 0 Å². The molecule has 2 rings (SSSR count). The maximum atomic E-state index is 11.8. The van der Waals surface area contributed by atoms with Gasteiger partial charge in [-0.2, -0.15) is 0 Å². The van der Waals surface area contributed by atoms with Gasteiger partial charge in [0.05, 0.1) is 13.2 Å². The van der Waals surface area contributed by atoms with Crippen LogP contribution in [0.15, 0.2) is 35.1 Å². The van der Waals surface area contributed by atoms with Gasteiger partial charge in [-0.25, -0.2) is 0 Å². The average molecular weight is 391 g/mol. The van der Waals surface area contributed by atoms with Gasteiger partial charge in [0.1, 0.15) is 5.75 Å². The molecule has 0 aliphatic carbocycles. The predicted molar refractivity (Wildman–Crippen MR) is 112 cm³/mol. The molecular formula is C22H30O4S. The molecule has 0 fully saturated rings. The Morgan fingerprint density at radius 1 is 0.926 bits per heavy atom. The van der Waals surface area contributed by atoms with E-state index in [9.17, 15) is 9.59 Å². The summed E-state index contributed by atoms with van der Waals surface area (Å²) in [6.07, 6.45) is 9.57. The fourth-order valence-electron chi connectivity index (χ4n) is 2.94. The van der Waals surface area contributed by atoms with Crippen molar-refractivity contribution in [1.82, 2.24) is 0 Å². The lowest BCUT2D eigenvalue weighted by Crippen LogP contribution is -2.03. The molecule has 0 atom stereocenters. The maximum absolute atomic E-state index is 11.8. The van der Waals surface area contributed by atoms with E-state index in [1.54, 1.807) is 6.07 Å². The number of unbranched alkanes of at least 4 members (excludes halogenated alkanes) is 7. The van der Waals surface area contributed by atoms with Gasteiger partial charge in [0, 0.05) is 22.6 Å². The molecule has 0 saturated heterocycles. The van der Waals surface area contributed by atoms with E-state index in [2.05, 4.69) is 0 Å². The number of hydrogen-bond donors (Lipinski definition) is 0. The zero-order valence-corrected chi connectivity index (χ0v) is 17.0. The highest BCUT2D eigenvalue weighted by molar-refractivity contribution is 7.16. The predicted octanol–water partition coefficient (Wildman–Crippen LogP) is 5.71. The second kappa shape index (κ2) is 12.5. The standard InChI is InChI=1S/C22H30O4S/c1-2-21(23)26-16-12-8-6-4-3-5-7-11-15-25-19-17-22(24)27-20-14-10-9-13-18(19)20/h9-10,13-14,17H,2-8,11-12,15-16H2,1H3. The van der Waals surface area contributed by atoms with Gasteiger partial charge in [-0.05, 0) is 25.0 Å². The van der Waals surface area contributed by atoms with Crippen molar-refractivity contribution in [3.8, 4) is 5.75 Å². The van der Waals surface area contributed by atoms with Crippen molar-refractivity contribution in [3.05, 3.63) is 39.9 Å². The van der Waals surface area contributed by atoms with Crippen LogP contribution in [0, 0.1) is 0 Å². The zero-order chi connectivity index (χ0) is 19.3. The smallest absolute Gasteiger partial charge is 0.305 e. The summed E-state index contributed by atoms with van der Waals surface area (Å²) in [5.74, 6) is 0.603. The van der Waals surface area contributed by atoms with Gasteiger partial charge < -0.3 is 9.47 Å². The molecule has 4 nitrogen and oxygen atoms in total. The van der Waals surface area contributed by atoms with Crippen LogP contribution in [0.2, 0.25) is 0 Å². The van der Waals surface area contributed by atoms with Crippen molar-refractivity contribution in [2.75, 3.05) is 13.2 Å². The highest BCUT2D eigenvalue weighted by Crippen LogP contribution is 2.26. The van der Waals surface area contributed by atoms with Crippen LogP contribution in [-0.2, 0) is 9.53 Å². The van der Waals surface area contributed by atoms with Gasteiger partial charge in [-0.3, -0.25) is 9.59 Å². The number of rotatable bonds is 13. The first kappa shape index (κ1) is 21.4. The molecule has 0 N–H and O–H groups in total. The summed E-state index contributed by atoms with van der Waals surface area (Å²) >= 11 is 1.26. The molecule has 2 aromatic rings. The summed E-state index contributed by atoms with van der Waals surface area (Å²) < 4.78 is 11.9. The highest BCUT2D eigenvalue weighted by atomic mass is 32.1. The minimum atomic E-state index is -0.104. The van der Waals surface area contributed by atoms with Gasteiger partial charge >= 0.3 is 5.97 Å². The summed E-state index contributed by atoms with van der Waals surface area (Å²) in [6.45, 7) is 3.03. The number of ether oxygens (including phenoxy) is 2. The van der Waals surface area contributed by atoms with E-state index in [1.807, 2.05) is 31.2 Å². The molecule has 1 aromatic carbocycles. The van der Waals surface area contributed by atoms with E-state index >= 15 is 0 Å². The Morgan fingerprint density at radius 2 is 1.56 bits per heavy atom. The van der Waals surface area contributed by atoms with Crippen molar-refractivity contribution in [2.24, 2.45) is 0 Å². The topological polar surface area (TPSA) is 52.6 Å². The van der Waals surface area contributed by atoms with Crippen molar-refractivity contribution in [1.29, 1.82) is 0 Å². The van der Waals surface area contributed by atoms with Gasteiger partial charge in [-0.15, -0.1) is 0 Å². The zero-order valence-electron chi connectivity index (χ0n) is 16.2. The first-order valence-corrected chi connectivity index (χ1v) is 10.8. The van der Waals surface area contributed by atoms with Crippen molar-refractivity contribution in [2.45, 2.75) is 64.7 Å². The minimum absolute atomic E-state index is 0.0353. The second-order valence-corrected chi connectivity index (χ2v) is 7.72. The second-order valence-electron chi connectivity index (χ2n) is 6.68. The SMILES string of the molecule is CCC(=O)OCCCCCCCCCCOc1cc(=O)sc2ccccc12. The molecule has 0 radical (unpaired) electrons. The van der Waals surface area contributed by atoms with Crippen molar-refractivity contribution in [3.63, 3.8) is 0 Å². The molecular weight excluding hydrogens is 360 g/mol. The fraction of sp³-hybridized carbons (Fsp3) is 0.545. The third-order valence-corrected chi connectivity index (χ3v) is 5.35. The van der Waals surface area contributed by atoms with Crippen LogP contribution in [0.4, 0.5) is 0 Å². The number of hydrogen-bond acceptors (Lipinski definition) is 5. The number of benzene rings is 1. The van der Waals surface area contributed by atoms with Crippen molar-refractivity contribution >= 4 is 27.4 Å². The van der Waals surface area contributed by atoms with E-state index < -0.39 is 0 Å². The molecule has 0 saturated carbocycles. The summed E-state index contributed by atoms with van der Waals surface area (Å²) in [4.78, 5) is 22.8. The molecule has 148 valence electrons. The summed E-state index contributed by atoms with van der Waals surface area (Å²) in [6, 6.07) is 9.48. The molecule has 5 heteroatoms. The normalized spacial score (nSPS) is 10.9. The van der Waals surface area contributed by atoms with Crippen LogP contribution in [0.1, 0.15) is 64.7 Å². The first-order chi connectivity index (χ1) is 13.2. The summed E-state index contributed by atoms with van der Waals surface area (Å²) in [5.41, 5.74) is 0. The van der Waals surface area contributed by atoms with E-state index in [4.69, 9.17) is 9.47 Å². The fourth-order valence-corrected chi connectivity index (χ4v) is 3.74. The Hall–Kier alpha value is -1.88. The summed E-state index contributed by atoms with van der Waals surface area (Å²) in [7, 11) is 0. The van der Waals surface area contributed by atoms with Crippen LogP contribution >= 0.6 is 11.3 Å². The van der Waals surface area contributed by atoms with E-state index in [-0.39, 0.29) is 10.7 Å². The van der Waals surface area contributed by atoms with Crippen LogP contribution in [-0.4, -0.2) is 19.2 Å². The Bertz CT molecular complexity index is 753. The largest absolute Gasteiger partial charge is 0.493 e. The highest BCUT2D eigenvalue weighted by Gasteiger charge is 2.04. The van der Waals surface area contributed by atoms with Gasteiger partial charge in [0.25, 0.3) is 0 Å². The molecule has 0 aliphatic heterocycles. The summed E-state index contributed by atoms with van der Waals surface area (Å²) in [5, 5.41) is 1.02. The van der Waals surface area contributed by atoms with E-state index in [0.29, 0.717) is 25.4 Å². The van der Waals surface area contributed by atoms with E-state index in [0.717, 1.165) is 35.8 Å². The number of fused-ring (bicyclic) bond motifs is 1. The molecule has 0 bridgehead atoms. The quantitative estimate of drug-likeness (QED) is 0.324. The Labute approximate surface area is 165 Å². The number of esters is 1. The molecule has 1 aromatic heterocycles. The van der Waals surface area contributed by atoms with Crippen molar-refractivity contribution < 1.29 is 14.3 Å². The molecule has 0 spiro atoms. The van der Waals surface area contributed by atoms with E-state index in [1.165, 1.54) is 37.0 Å². The van der Waals surface area contributed by atoms with Crippen LogP contribution < -0.4 is 9.48 Å². The Morgan fingerprint density at radius 3 is 2.26 bits per heavy atom. The van der Waals surface area contributed by atoms with Gasteiger partial charge in [0.2, 0.25) is 4.74 Å². The van der Waals surface area contributed by atoms with Gasteiger partial charge in [-0.1, -0.05) is 68.9 Å². The van der Waals surface area contributed by atoms with Crippen LogP contribution in [0.5, 0.6) is 5.75 Å². The minimum Gasteiger partial charge on any atom is -0.493 e. The van der Waals surface area contributed by atoms with Crippen LogP contribution in [0.25, 0.3) is 10.1 Å². The first-order valence-electron chi connectivity index (χ1n) is 10.0. The Balaban J connectivity index is 1.51. The molecule has 0 aliphatic rings. The Kier molecular flexibility index (Phi) is 9.91.